The van der Waals surface area contributed by atoms with E-state index in [-0.39, 0.29) is 32.0 Å². The number of phosphoric ester groups is 1. The Labute approximate surface area is 312 Å². The van der Waals surface area contributed by atoms with Crippen LogP contribution in [0.25, 0.3) is 0 Å². The fourth-order valence-corrected chi connectivity index (χ4v) is 6.10. The molecule has 296 valence electrons. The molecule has 0 amide bonds. The van der Waals surface area contributed by atoms with E-state index in [1.54, 1.807) is 6.92 Å². The normalized spacial score (nSPS) is 13.9. The molecular formula is C42H75O8P. The van der Waals surface area contributed by atoms with Gasteiger partial charge in [-0.2, -0.15) is 0 Å². The first kappa shape index (κ1) is 49.0. The zero-order valence-electron chi connectivity index (χ0n) is 32.7. The Balaban J connectivity index is 4.14. The van der Waals surface area contributed by atoms with Crippen molar-refractivity contribution in [3.8, 4) is 0 Å². The van der Waals surface area contributed by atoms with E-state index in [0.29, 0.717) is 6.42 Å². The van der Waals surface area contributed by atoms with Gasteiger partial charge in [-0.25, -0.2) is 4.57 Å². The highest BCUT2D eigenvalue weighted by molar-refractivity contribution is 7.47. The van der Waals surface area contributed by atoms with Crippen LogP contribution in [0.5, 0.6) is 0 Å². The van der Waals surface area contributed by atoms with Crippen LogP contribution in [0.3, 0.4) is 0 Å². The lowest BCUT2D eigenvalue weighted by atomic mass is 10.1. The zero-order chi connectivity index (χ0) is 37.5. The third-order valence-electron chi connectivity index (χ3n) is 8.34. The highest BCUT2D eigenvalue weighted by Gasteiger charge is 2.25. The van der Waals surface area contributed by atoms with Crippen LogP contribution in [0.1, 0.15) is 181 Å². The van der Waals surface area contributed by atoms with E-state index in [0.717, 1.165) is 83.5 Å². The highest BCUT2D eigenvalue weighted by Crippen LogP contribution is 2.43. The van der Waals surface area contributed by atoms with E-state index in [1.807, 2.05) is 0 Å². The second-order valence-electron chi connectivity index (χ2n) is 13.3. The quantitative estimate of drug-likeness (QED) is 0.0290. The van der Waals surface area contributed by atoms with Crippen LogP contribution in [0, 0.1) is 0 Å². The summed E-state index contributed by atoms with van der Waals surface area (Å²) in [5.74, 6) is -0.825. The predicted molar refractivity (Wildman–Crippen MR) is 212 cm³/mol. The number of hydrogen-bond donors (Lipinski definition) is 1. The van der Waals surface area contributed by atoms with Gasteiger partial charge < -0.3 is 14.4 Å². The molecule has 0 radical (unpaired) electrons. The van der Waals surface area contributed by atoms with Gasteiger partial charge in [0.15, 0.2) is 6.10 Å². The van der Waals surface area contributed by atoms with Crippen molar-refractivity contribution in [1.82, 2.24) is 0 Å². The van der Waals surface area contributed by atoms with E-state index >= 15 is 0 Å². The Kier molecular flexibility index (Phi) is 36.3. The van der Waals surface area contributed by atoms with Crippen LogP contribution in [0.4, 0.5) is 0 Å². The summed E-state index contributed by atoms with van der Waals surface area (Å²) in [7, 11) is -4.28. The van der Waals surface area contributed by atoms with E-state index in [4.69, 9.17) is 18.5 Å². The van der Waals surface area contributed by atoms with Gasteiger partial charge in [0.25, 0.3) is 0 Å². The summed E-state index contributed by atoms with van der Waals surface area (Å²) in [5.41, 5.74) is 0. The molecule has 0 aliphatic heterocycles. The maximum absolute atomic E-state index is 12.5. The maximum Gasteiger partial charge on any atom is 0.472 e. The second-order valence-corrected chi connectivity index (χ2v) is 14.7. The van der Waals surface area contributed by atoms with Gasteiger partial charge in [0.2, 0.25) is 0 Å². The number of allylic oxidation sites excluding steroid dienone is 8. The highest BCUT2D eigenvalue weighted by atomic mass is 31.2. The van der Waals surface area contributed by atoms with Crippen molar-refractivity contribution in [2.75, 3.05) is 19.8 Å². The molecule has 9 heteroatoms. The molecule has 0 aliphatic carbocycles. The smallest absolute Gasteiger partial charge is 0.462 e. The average Bonchev–Trinajstić information content (AvgIpc) is 3.10. The Morgan fingerprint density at radius 3 is 1.47 bits per heavy atom. The number of esters is 2. The number of phosphoric acid groups is 1. The first-order valence-electron chi connectivity index (χ1n) is 20.4. The van der Waals surface area contributed by atoms with E-state index in [2.05, 4.69) is 62.5 Å². The maximum atomic E-state index is 12.5. The molecule has 0 aromatic heterocycles. The standard InChI is InChI=1S/C42H75O8P/c1-4-7-9-11-13-15-17-19-20-21-22-23-25-27-29-31-33-35-37-42(44)50-40(39-49-51(45,46)48-6-3)38-47-41(43)36-34-32-30-28-26-24-18-16-14-12-10-8-5-2/h10,12,15-18,20-21,40H,4-9,11,13-14,19,22-39H2,1-3H3,(H,45,46)/b12-10-,17-15-,18-16-,21-20-. The lowest BCUT2D eigenvalue weighted by Crippen LogP contribution is -2.29. The number of carbonyl (C=O) groups excluding carboxylic acids is 2. The van der Waals surface area contributed by atoms with Gasteiger partial charge in [0, 0.05) is 12.8 Å². The molecule has 0 rings (SSSR count). The van der Waals surface area contributed by atoms with E-state index < -0.39 is 26.5 Å². The van der Waals surface area contributed by atoms with Gasteiger partial charge in [-0.3, -0.25) is 18.6 Å². The van der Waals surface area contributed by atoms with Crippen molar-refractivity contribution in [2.45, 2.75) is 187 Å². The number of unbranched alkanes of at least 4 members (excludes halogenated alkanes) is 17. The number of rotatable bonds is 37. The number of hydrogen-bond acceptors (Lipinski definition) is 7. The van der Waals surface area contributed by atoms with Crippen molar-refractivity contribution in [2.24, 2.45) is 0 Å². The summed E-state index contributed by atoms with van der Waals surface area (Å²) in [4.78, 5) is 34.7. The molecule has 0 aromatic rings. The van der Waals surface area contributed by atoms with E-state index in [9.17, 15) is 19.0 Å². The predicted octanol–water partition coefficient (Wildman–Crippen LogP) is 12.6. The fraction of sp³-hybridized carbons (Fsp3) is 0.762. The SMILES string of the molecule is CCC/C=C\C/C=C\CCCCCCCC(=O)OCC(COP(=O)(O)OCC)OC(=O)CCCCCCCCC/C=C\C/C=C\CCCCCC. The minimum absolute atomic E-state index is 0.00510. The van der Waals surface area contributed by atoms with Gasteiger partial charge in [0.1, 0.15) is 6.61 Å². The van der Waals surface area contributed by atoms with Gasteiger partial charge in [-0.15, -0.1) is 0 Å². The Morgan fingerprint density at radius 2 is 0.980 bits per heavy atom. The first-order valence-corrected chi connectivity index (χ1v) is 21.9. The molecule has 0 aliphatic rings. The molecule has 0 aromatic carbocycles. The minimum atomic E-state index is -4.28. The second kappa shape index (κ2) is 37.8. The van der Waals surface area contributed by atoms with Crippen LogP contribution in [0.2, 0.25) is 0 Å². The van der Waals surface area contributed by atoms with Crippen LogP contribution in [-0.4, -0.2) is 42.8 Å². The van der Waals surface area contributed by atoms with Crippen molar-refractivity contribution in [1.29, 1.82) is 0 Å². The minimum Gasteiger partial charge on any atom is -0.462 e. The summed E-state index contributed by atoms with van der Waals surface area (Å²) in [6.45, 7) is 5.36. The van der Waals surface area contributed by atoms with Crippen molar-refractivity contribution in [3.05, 3.63) is 48.6 Å². The van der Waals surface area contributed by atoms with Crippen molar-refractivity contribution in [3.63, 3.8) is 0 Å². The molecule has 0 saturated heterocycles. The van der Waals surface area contributed by atoms with Gasteiger partial charge in [-0.05, 0) is 77.6 Å². The van der Waals surface area contributed by atoms with Gasteiger partial charge in [0.05, 0.1) is 13.2 Å². The summed E-state index contributed by atoms with van der Waals surface area (Å²) >= 11 is 0. The third-order valence-corrected chi connectivity index (χ3v) is 9.40. The molecule has 0 bridgehead atoms. The topological polar surface area (TPSA) is 108 Å². The molecule has 0 heterocycles. The largest absolute Gasteiger partial charge is 0.472 e. The molecular weight excluding hydrogens is 663 g/mol. The summed E-state index contributed by atoms with van der Waals surface area (Å²) in [5, 5.41) is 0. The molecule has 1 N–H and O–H groups in total. The lowest BCUT2D eigenvalue weighted by molar-refractivity contribution is -0.161. The monoisotopic (exact) mass is 739 g/mol. The van der Waals surface area contributed by atoms with E-state index in [1.165, 1.54) is 57.8 Å². The summed E-state index contributed by atoms with van der Waals surface area (Å²) < 4.78 is 32.6. The van der Waals surface area contributed by atoms with Crippen molar-refractivity contribution >= 4 is 19.8 Å². The molecule has 0 saturated carbocycles. The third kappa shape index (κ3) is 37.6. The van der Waals surface area contributed by atoms with Gasteiger partial charge >= 0.3 is 19.8 Å². The Morgan fingerprint density at radius 1 is 0.529 bits per heavy atom. The molecule has 0 spiro atoms. The fourth-order valence-electron chi connectivity index (χ4n) is 5.34. The number of ether oxygens (including phenoxy) is 2. The Hall–Kier alpha value is -1.99. The molecule has 8 nitrogen and oxygen atoms in total. The summed E-state index contributed by atoms with van der Waals surface area (Å²) in [6.07, 6.45) is 43.0. The molecule has 0 fully saturated rings. The first-order chi connectivity index (χ1) is 24.8. The zero-order valence-corrected chi connectivity index (χ0v) is 33.6. The molecule has 2 atom stereocenters. The van der Waals surface area contributed by atoms with Crippen LogP contribution < -0.4 is 0 Å². The average molecular weight is 739 g/mol. The molecule has 51 heavy (non-hydrogen) atoms. The summed E-state index contributed by atoms with van der Waals surface area (Å²) in [6, 6.07) is 0. The van der Waals surface area contributed by atoms with Crippen LogP contribution >= 0.6 is 7.82 Å². The van der Waals surface area contributed by atoms with Crippen LogP contribution in [-0.2, 0) is 32.7 Å². The Bertz CT molecular complexity index is 974. The lowest BCUT2D eigenvalue weighted by Gasteiger charge is -2.19. The number of carbonyl (C=O) groups is 2. The van der Waals surface area contributed by atoms with Crippen molar-refractivity contribution < 1.29 is 37.6 Å². The van der Waals surface area contributed by atoms with Crippen LogP contribution in [0.15, 0.2) is 48.6 Å². The van der Waals surface area contributed by atoms with Gasteiger partial charge in [-0.1, -0.05) is 140 Å². The molecule has 2 unspecified atom stereocenters.